The zero-order valence-electron chi connectivity index (χ0n) is 15.3. The molecule has 6 heteroatoms. The van der Waals surface area contributed by atoms with Gasteiger partial charge in [-0.3, -0.25) is 0 Å². The molecule has 2 aromatic carbocycles. The molecule has 0 unspecified atom stereocenters. The van der Waals surface area contributed by atoms with Gasteiger partial charge in [0.05, 0.1) is 4.90 Å². The molecule has 0 aromatic heterocycles. The Labute approximate surface area is 155 Å². The molecule has 0 saturated heterocycles. The number of carbonyl (C=O) groups excluding carboxylic acids is 1. The molecule has 0 radical (unpaired) electrons. The number of sulfonamides is 1. The fourth-order valence-corrected chi connectivity index (χ4v) is 4.04. The molecule has 138 valence electrons. The van der Waals surface area contributed by atoms with E-state index in [0.717, 1.165) is 17.5 Å². The van der Waals surface area contributed by atoms with Gasteiger partial charge in [0, 0.05) is 13.1 Å². The van der Waals surface area contributed by atoms with Crippen molar-refractivity contribution in [2.24, 2.45) is 0 Å². The van der Waals surface area contributed by atoms with Crippen molar-refractivity contribution in [1.82, 2.24) is 9.62 Å². The number of hydrogen-bond acceptors (Lipinski definition) is 3. The Kier molecular flexibility index (Phi) is 5.05. The van der Waals surface area contributed by atoms with Gasteiger partial charge >= 0.3 is 6.03 Å². The number of rotatable bonds is 3. The number of nitrogens with one attached hydrogen (secondary N) is 1. The van der Waals surface area contributed by atoms with Crippen molar-refractivity contribution >= 4 is 16.1 Å². The number of nitrogens with zero attached hydrogens (tertiary/aromatic N) is 1. The molecule has 2 amide bonds. The minimum atomic E-state index is -3.87. The summed E-state index contributed by atoms with van der Waals surface area (Å²) in [6, 6.07) is 12.2. The zero-order valence-corrected chi connectivity index (χ0v) is 16.1. The Morgan fingerprint density at radius 2 is 1.77 bits per heavy atom. The number of aryl methyl sites for hydroxylation is 1. The standard InChI is InChI=1S/C20H24N2O3S/c1-14(2)17-7-6-16-10-11-22(13-18(16)12-17)20(23)21-26(24,25)19-8-4-15(3)5-9-19/h4-9,12,14H,10-11,13H2,1-3H3,(H,21,23). The maximum atomic E-state index is 12.5. The van der Waals surface area contributed by atoms with Crippen molar-refractivity contribution in [2.45, 2.75) is 44.6 Å². The van der Waals surface area contributed by atoms with Crippen LogP contribution in [0.3, 0.4) is 0 Å². The van der Waals surface area contributed by atoms with Crippen LogP contribution in [0.25, 0.3) is 0 Å². The third-order valence-electron chi connectivity index (χ3n) is 4.75. The first-order valence-corrected chi connectivity index (χ1v) is 10.2. The van der Waals surface area contributed by atoms with Crippen molar-refractivity contribution in [1.29, 1.82) is 0 Å². The zero-order chi connectivity index (χ0) is 18.9. The number of hydrogen-bond donors (Lipinski definition) is 1. The first-order valence-electron chi connectivity index (χ1n) is 8.76. The Balaban J connectivity index is 1.75. The summed E-state index contributed by atoms with van der Waals surface area (Å²) < 4.78 is 27.0. The molecule has 0 saturated carbocycles. The summed E-state index contributed by atoms with van der Waals surface area (Å²) in [6.45, 7) is 7.06. The fraction of sp³-hybridized carbons (Fsp3) is 0.350. The van der Waals surface area contributed by atoms with Crippen LogP contribution in [0.4, 0.5) is 4.79 Å². The van der Waals surface area contributed by atoms with Crippen LogP contribution in [0.1, 0.15) is 42.0 Å². The van der Waals surface area contributed by atoms with Gasteiger partial charge < -0.3 is 4.90 Å². The van der Waals surface area contributed by atoms with Crippen LogP contribution >= 0.6 is 0 Å². The molecule has 1 N–H and O–H groups in total. The van der Waals surface area contributed by atoms with Crippen molar-refractivity contribution in [3.05, 3.63) is 64.7 Å². The van der Waals surface area contributed by atoms with Crippen LogP contribution < -0.4 is 4.72 Å². The van der Waals surface area contributed by atoms with Gasteiger partial charge in [-0.05, 0) is 48.1 Å². The van der Waals surface area contributed by atoms with E-state index in [4.69, 9.17) is 0 Å². The molecule has 2 aromatic rings. The molecule has 5 nitrogen and oxygen atoms in total. The first kappa shape index (κ1) is 18.5. The maximum Gasteiger partial charge on any atom is 0.331 e. The second-order valence-corrected chi connectivity index (χ2v) is 8.76. The maximum absolute atomic E-state index is 12.5. The van der Waals surface area contributed by atoms with Crippen LogP contribution in [-0.2, 0) is 23.0 Å². The quantitative estimate of drug-likeness (QED) is 0.896. The Bertz CT molecular complexity index is 919. The van der Waals surface area contributed by atoms with Crippen molar-refractivity contribution in [2.75, 3.05) is 6.54 Å². The van der Waals surface area contributed by atoms with E-state index in [1.165, 1.54) is 23.3 Å². The van der Waals surface area contributed by atoms with Gasteiger partial charge in [-0.1, -0.05) is 49.7 Å². The highest BCUT2D eigenvalue weighted by atomic mass is 32.2. The average Bonchev–Trinajstić information content (AvgIpc) is 2.60. The van der Waals surface area contributed by atoms with E-state index in [2.05, 4.69) is 36.8 Å². The lowest BCUT2D eigenvalue weighted by Crippen LogP contribution is -2.45. The summed E-state index contributed by atoms with van der Waals surface area (Å²) in [4.78, 5) is 14.2. The molecule has 0 spiro atoms. The van der Waals surface area contributed by atoms with Gasteiger partial charge in [-0.25, -0.2) is 17.9 Å². The van der Waals surface area contributed by atoms with Crippen LogP contribution in [0.2, 0.25) is 0 Å². The summed E-state index contributed by atoms with van der Waals surface area (Å²) in [5.41, 5.74) is 4.49. The third-order valence-corrected chi connectivity index (χ3v) is 6.09. The smallest absolute Gasteiger partial charge is 0.319 e. The Hall–Kier alpha value is -2.34. The van der Waals surface area contributed by atoms with Gasteiger partial charge in [-0.2, -0.15) is 0 Å². The van der Waals surface area contributed by atoms with E-state index in [-0.39, 0.29) is 4.90 Å². The summed E-state index contributed by atoms with van der Waals surface area (Å²) in [7, 11) is -3.87. The van der Waals surface area contributed by atoms with E-state index in [9.17, 15) is 13.2 Å². The lowest BCUT2D eigenvalue weighted by Gasteiger charge is -2.29. The molecule has 1 aliphatic rings. The normalized spacial score (nSPS) is 14.2. The first-order chi connectivity index (χ1) is 12.3. The highest BCUT2D eigenvalue weighted by Crippen LogP contribution is 2.24. The van der Waals surface area contributed by atoms with E-state index in [0.29, 0.717) is 19.0 Å². The fourth-order valence-electron chi connectivity index (χ4n) is 3.07. The molecular formula is C20H24N2O3S. The van der Waals surface area contributed by atoms with Crippen LogP contribution in [-0.4, -0.2) is 25.9 Å². The molecule has 0 fully saturated rings. The lowest BCUT2D eigenvalue weighted by molar-refractivity contribution is 0.198. The number of fused-ring (bicyclic) bond motifs is 1. The Morgan fingerprint density at radius 3 is 2.42 bits per heavy atom. The van der Waals surface area contributed by atoms with E-state index >= 15 is 0 Å². The molecule has 3 rings (SSSR count). The minimum absolute atomic E-state index is 0.0935. The van der Waals surface area contributed by atoms with Gasteiger partial charge in [0.15, 0.2) is 0 Å². The number of urea groups is 1. The molecule has 26 heavy (non-hydrogen) atoms. The van der Waals surface area contributed by atoms with E-state index < -0.39 is 16.1 Å². The molecule has 0 aliphatic carbocycles. The van der Waals surface area contributed by atoms with Gasteiger partial charge in [-0.15, -0.1) is 0 Å². The molecular weight excluding hydrogens is 348 g/mol. The average molecular weight is 372 g/mol. The highest BCUT2D eigenvalue weighted by Gasteiger charge is 2.25. The second kappa shape index (κ2) is 7.11. The van der Waals surface area contributed by atoms with Crippen molar-refractivity contribution in [3.63, 3.8) is 0 Å². The Morgan fingerprint density at radius 1 is 1.08 bits per heavy atom. The largest absolute Gasteiger partial charge is 0.331 e. The predicted octanol–water partition coefficient (Wildman–Crippen LogP) is 3.58. The van der Waals surface area contributed by atoms with Crippen LogP contribution in [0, 0.1) is 6.92 Å². The van der Waals surface area contributed by atoms with E-state index in [1.807, 2.05) is 6.92 Å². The SMILES string of the molecule is Cc1ccc(S(=O)(=O)NC(=O)N2CCc3ccc(C(C)C)cc3C2)cc1. The molecule has 0 atom stereocenters. The summed E-state index contributed by atoms with van der Waals surface area (Å²) in [5, 5.41) is 0. The van der Waals surface area contributed by atoms with E-state index in [1.54, 1.807) is 17.0 Å². The van der Waals surface area contributed by atoms with Crippen LogP contribution in [0.5, 0.6) is 0 Å². The van der Waals surface area contributed by atoms with Gasteiger partial charge in [0.2, 0.25) is 0 Å². The summed E-state index contributed by atoms with van der Waals surface area (Å²) in [5.74, 6) is 0.409. The summed E-state index contributed by atoms with van der Waals surface area (Å²) in [6.07, 6.45) is 0.728. The van der Waals surface area contributed by atoms with Crippen LogP contribution in [0.15, 0.2) is 47.4 Å². The number of carbonyl (C=O) groups is 1. The second-order valence-electron chi connectivity index (χ2n) is 7.08. The third kappa shape index (κ3) is 3.90. The predicted molar refractivity (Wildman–Crippen MR) is 102 cm³/mol. The summed E-state index contributed by atoms with van der Waals surface area (Å²) >= 11 is 0. The topological polar surface area (TPSA) is 66.5 Å². The molecule has 1 heterocycles. The number of benzene rings is 2. The van der Waals surface area contributed by atoms with Gasteiger partial charge in [0.25, 0.3) is 10.0 Å². The van der Waals surface area contributed by atoms with Gasteiger partial charge in [0.1, 0.15) is 0 Å². The number of amides is 2. The van der Waals surface area contributed by atoms with Crippen molar-refractivity contribution in [3.8, 4) is 0 Å². The monoisotopic (exact) mass is 372 g/mol. The van der Waals surface area contributed by atoms with Crippen molar-refractivity contribution < 1.29 is 13.2 Å². The highest BCUT2D eigenvalue weighted by molar-refractivity contribution is 7.90. The minimum Gasteiger partial charge on any atom is -0.319 e. The lowest BCUT2D eigenvalue weighted by atomic mass is 9.93. The molecule has 1 aliphatic heterocycles. The molecule has 0 bridgehead atoms.